The molecule has 4 aromatic rings. The predicted octanol–water partition coefficient (Wildman–Crippen LogP) is 5.40. The Morgan fingerprint density at radius 3 is 2.07 bits per heavy atom. The Morgan fingerprint density at radius 2 is 1.45 bits per heavy atom. The number of nitro benzene ring substituents is 1. The number of aromatic hydroxyl groups is 1. The van der Waals surface area contributed by atoms with E-state index in [-0.39, 0.29) is 11.6 Å². The monoisotopic (exact) mass is 405 g/mol. The number of imidazole rings is 1. The van der Waals surface area contributed by atoms with Gasteiger partial charge in [-0.25, -0.2) is 0 Å². The Labute approximate surface area is 170 Å². The van der Waals surface area contributed by atoms with Crippen LogP contribution in [0.15, 0.2) is 85.1 Å². The highest BCUT2D eigenvalue weighted by Gasteiger charge is 2.13. The molecule has 0 radical (unpaired) electrons. The van der Waals surface area contributed by atoms with Crippen molar-refractivity contribution in [2.75, 3.05) is 0 Å². The van der Waals surface area contributed by atoms with Crippen molar-refractivity contribution in [3.63, 3.8) is 0 Å². The number of rotatable bonds is 5. The molecule has 0 aliphatic heterocycles. The van der Waals surface area contributed by atoms with E-state index in [1.54, 1.807) is 4.57 Å². The van der Waals surface area contributed by atoms with Crippen LogP contribution in [-0.2, 0) is 0 Å². The van der Waals surface area contributed by atoms with Crippen molar-refractivity contribution in [2.24, 2.45) is 0 Å². The molecule has 8 heteroatoms. The Balaban J connectivity index is 1.63. The van der Waals surface area contributed by atoms with E-state index in [2.05, 4.69) is 0 Å². The average molecular weight is 405 g/mol. The molecule has 4 rings (SSSR count). The zero-order valence-electron chi connectivity index (χ0n) is 15.0. The summed E-state index contributed by atoms with van der Waals surface area (Å²) in [6.07, 6.45) is 1.50. The van der Waals surface area contributed by atoms with Gasteiger partial charge in [-0.3, -0.25) is 19.2 Å². The Hall–Kier alpha value is -3.91. The minimum atomic E-state index is -0.479. The lowest BCUT2D eigenvalue weighted by molar-refractivity contribution is -0.384. The topological polar surface area (TPSA) is 82.5 Å². The molecule has 144 valence electrons. The first-order chi connectivity index (χ1) is 14.0. The number of para-hydroxylation sites is 1. The number of non-ortho nitro benzene ring substituents is 1. The molecule has 0 aliphatic carbocycles. The lowest BCUT2D eigenvalue weighted by Gasteiger charge is -2.07. The number of hydrogen-bond acceptors (Lipinski definition) is 5. The number of nitrogens with zero attached hydrogens (tertiary/aromatic N) is 3. The van der Waals surface area contributed by atoms with Crippen LogP contribution in [0.5, 0.6) is 17.4 Å². The first kappa shape index (κ1) is 18.5. The van der Waals surface area contributed by atoms with Gasteiger partial charge in [-0.1, -0.05) is 18.2 Å². The Kier molecular flexibility index (Phi) is 4.84. The summed E-state index contributed by atoms with van der Waals surface area (Å²) in [5.74, 6) is 1.33. The minimum Gasteiger partial charge on any atom is -0.493 e. The molecule has 1 N–H and O–H groups in total. The van der Waals surface area contributed by atoms with E-state index in [4.69, 9.17) is 17.0 Å². The van der Waals surface area contributed by atoms with Gasteiger partial charge >= 0.3 is 0 Å². The lowest BCUT2D eigenvalue weighted by Crippen LogP contribution is -1.98. The van der Waals surface area contributed by atoms with E-state index in [9.17, 15) is 15.2 Å². The van der Waals surface area contributed by atoms with Gasteiger partial charge in [-0.2, -0.15) is 0 Å². The van der Waals surface area contributed by atoms with Crippen LogP contribution in [-0.4, -0.2) is 19.2 Å². The molecule has 0 amide bonds. The highest BCUT2D eigenvalue weighted by molar-refractivity contribution is 7.71. The van der Waals surface area contributed by atoms with E-state index >= 15 is 0 Å². The standard InChI is InChI=1S/C21H15N3O4S/c25-20-14-22(21(29)23(20)16-6-8-17(9-7-16)24(26)27)15-10-12-19(13-11-15)28-18-4-2-1-3-5-18/h1-14,25H. The number of aromatic nitrogens is 2. The van der Waals surface area contributed by atoms with Crippen LogP contribution in [0, 0.1) is 14.9 Å². The van der Waals surface area contributed by atoms with E-state index in [1.807, 2.05) is 54.6 Å². The largest absolute Gasteiger partial charge is 0.493 e. The average Bonchev–Trinajstić information content (AvgIpc) is 3.03. The fraction of sp³-hybridized carbons (Fsp3) is 0. The van der Waals surface area contributed by atoms with Gasteiger partial charge in [0.05, 0.1) is 16.8 Å². The normalized spacial score (nSPS) is 10.6. The predicted molar refractivity (Wildman–Crippen MR) is 111 cm³/mol. The zero-order valence-corrected chi connectivity index (χ0v) is 15.8. The number of ether oxygens (including phenoxy) is 1. The second kappa shape index (κ2) is 7.61. The Bertz CT molecular complexity index is 1210. The summed E-state index contributed by atoms with van der Waals surface area (Å²) in [5.41, 5.74) is 1.24. The van der Waals surface area contributed by atoms with Gasteiger partial charge in [0.2, 0.25) is 5.88 Å². The van der Waals surface area contributed by atoms with Crippen LogP contribution in [0.2, 0.25) is 0 Å². The van der Waals surface area contributed by atoms with E-state index < -0.39 is 4.92 Å². The molecule has 0 spiro atoms. The van der Waals surface area contributed by atoms with Crippen molar-refractivity contribution in [3.8, 4) is 28.8 Å². The van der Waals surface area contributed by atoms with Gasteiger partial charge in [0.25, 0.3) is 5.69 Å². The molecule has 0 saturated carbocycles. The van der Waals surface area contributed by atoms with Crippen LogP contribution in [0.3, 0.4) is 0 Å². The number of nitro groups is 1. The highest BCUT2D eigenvalue weighted by atomic mass is 32.1. The van der Waals surface area contributed by atoms with Crippen LogP contribution < -0.4 is 4.74 Å². The number of hydrogen-bond donors (Lipinski definition) is 1. The second-order valence-electron chi connectivity index (χ2n) is 6.16. The molecule has 0 aliphatic rings. The summed E-state index contributed by atoms with van der Waals surface area (Å²) in [6, 6.07) is 22.5. The van der Waals surface area contributed by atoms with Crippen molar-refractivity contribution in [3.05, 3.63) is 99.9 Å². The molecule has 0 atom stereocenters. The third kappa shape index (κ3) is 3.74. The first-order valence-electron chi connectivity index (χ1n) is 8.64. The molecular weight excluding hydrogens is 390 g/mol. The molecule has 3 aromatic carbocycles. The molecule has 0 bridgehead atoms. The molecule has 1 aromatic heterocycles. The van der Waals surface area contributed by atoms with Gasteiger partial charge in [0, 0.05) is 17.8 Å². The third-order valence-corrected chi connectivity index (χ3v) is 4.66. The van der Waals surface area contributed by atoms with Crippen molar-refractivity contribution in [2.45, 2.75) is 0 Å². The SMILES string of the molecule is O=[N+]([O-])c1ccc(-n2c(O)cn(-c3ccc(Oc4ccccc4)cc3)c2=S)cc1. The molecular formula is C21H15N3O4S. The van der Waals surface area contributed by atoms with E-state index in [0.717, 1.165) is 11.4 Å². The summed E-state index contributed by atoms with van der Waals surface area (Å²) < 4.78 is 9.20. The van der Waals surface area contributed by atoms with Crippen LogP contribution in [0.1, 0.15) is 0 Å². The van der Waals surface area contributed by atoms with E-state index in [0.29, 0.717) is 16.2 Å². The van der Waals surface area contributed by atoms with Crippen molar-refractivity contribution < 1.29 is 14.8 Å². The van der Waals surface area contributed by atoms with Gasteiger partial charge in [0.15, 0.2) is 4.77 Å². The fourth-order valence-corrected chi connectivity index (χ4v) is 3.24. The van der Waals surface area contributed by atoms with Crippen molar-refractivity contribution in [1.82, 2.24) is 9.13 Å². The van der Waals surface area contributed by atoms with Gasteiger partial charge in [-0.15, -0.1) is 0 Å². The molecule has 1 heterocycles. The van der Waals surface area contributed by atoms with Crippen molar-refractivity contribution >= 4 is 17.9 Å². The summed E-state index contributed by atoms with van der Waals surface area (Å²) in [4.78, 5) is 10.4. The maximum absolute atomic E-state index is 10.8. The zero-order chi connectivity index (χ0) is 20.4. The number of benzene rings is 3. The van der Waals surface area contributed by atoms with Gasteiger partial charge < -0.3 is 9.84 Å². The smallest absolute Gasteiger partial charge is 0.269 e. The second-order valence-corrected chi connectivity index (χ2v) is 6.52. The maximum Gasteiger partial charge on any atom is 0.269 e. The third-order valence-electron chi connectivity index (χ3n) is 4.28. The molecule has 29 heavy (non-hydrogen) atoms. The molecule has 0 saturated heterocycles. The maximum atomic E-state index is 10.8. The summed E-state index contributed by atoms with van der Waals surface area (Å²) in [5, 5.41) is 21.2. The van der Waals surface area contributed by atoms with Crippen molar-refractivity contribution in [1.29, 1.82) is 0 Å². The summed E-state index contributed by atoms with van der Waals surface area (Å²) in [7, 11) is 0. The quantitative estimate of drug-likeness (QED) is 0.273. The van der Waals surface area contributed by atoms with Gasteiger partial charge in [0.1, 0.15) is 11.5 Å². The summed E-state index contributed by atoms with van der Waals surface area (Å²) >= 11 is 5.50. The van der Waals surface area contributed by atoms with Crippen LogP contribution in [0.25, 0.3) is 11.4 Å². The Morgan fingerprint density at radius 1 is 0.862 bits per heavy atom. The minimum absolute atomic E-state index is 0.0341. The molecule has 0 fully saturated rings. The molecule has 0 unspecified atom stereocenters. The lowest BCUT2D eigenvalue weighted by atomic mass is 10.3. The molecule has 7 nitrogen and oxygen atoms in total. The highest BCUT2D eigenvalue weighted by Crippen LogP contribution is 2.26. The van der Waals surface area contributed by atoms with Crippen LogP contribution >= 0.6 is 12.2 Å². The fourth-order valence-electron chi connectivity index (χ4n) is 2.88. The van der Waals surface area contributed by atoms with Gasteiger partial charge in [-0.05, 0) is 60.7 Å². The first-order valence-corrected chi connectivity index (χ1v) is 9.05. The van der Waals surface area contributed by atoms with Crippen LogP contribution in [0.4, 0.5) is 5.69 Å². The van der Waals surface area contributed by atoms with E-state index in [1.165, 1.54) is 35.0 Å². The summed E-state index contributed by atoms with van der Waals surface area (Å²) in [6.45, 7) is 0.